The summed E-state index contributed by atoms with van der Waals surface area (Å²) in [5, 5.41) is 9.18. The van der Waals surface area contributed by atoms with E-state index < -0.39 is 0 Å². The Bertz CT molecular complexity index is 220. The zero-order chi connectivity index (χ0) is 8.27. The van der Waals surface area contributed by atoms with Crippen molar-refractivity contribution in [2.45, 2.75) is 11.7 Å². The summed E-state index contributed by atoms with van der Waals surface area (Å²) in [5.41, 5.74) is 0.975. The lowest BCUT2D eigenvalue weighted by Gasteiger charge is -2.00. The van der Waals surface area contributed by atoms with Crippen molar-refractivity contribution in [3.8, 4) is 0 Å². The predicted molar refractivity (Wildman–Crippen MR) is 51.7 cm³/mol. The zero-order valence-electron chi connectivity index (χ0n) is 6.74. The number of hydrogen-bond donors (Lipinski definition) is 1. The van der Waals surface area contributed by atoms with Gasteiger partial charge in [0.05, 0.1) is 0 Å². The molecular weight excluding hydrogens is 155 g/mol. The Balaban J connectivity index is 2.83. The minimum Gasteiger partial charge on any atom is -0.447 e. The highest BCUT2D eigenvalue weighted by molar-refractivity contribution is 7.98. The molecule has 1 aromatic rings. The lowest BCUT2D eigenvalue weighted by molar-refractivity contribution is 0.594. The van der Waals surface area contributed by atoms with Crippen LogP contribution in [0.4, 0.5) is 0 Å². The van der Waals surface area contributed by atoms with Gasteiger partial charge in [-0.15, -0.1) is 11.8 Å². The molecule has 0 aliphatic rings. The molecule has 1 N–H and O–H groups in total. The highest BCUT2D eigenvalue weighted by Crippen LogP contribution is 2.11. The van der Waals surface area contributed by atoms with Gasteiger partial charge in [0.15, 0.2) is 0 Å². The van der Waals surface area contributed by atoms with Gasteiger partial charge in [-0.3, -0.25) is 0 Å². The van der Waals surface area contributed by atoms with Gasteiger partial charge < -0.3 is 5.02 Å². The van der Waals surface area contributed by atoms with Crippen molar-refractivity contribution in [1.82, 2.24) is 0 Å². The van der Waals surface area contributed by atoms with E-state index in [1.165, 1.54) is 4.90 Å². The van der Waals surface area contributed by atoms with Crippen LogP contribution in [0.15, 0.2) is 29.2 Å². The fourth-order valence-electron chi connectivity index (χ4n) is 0.882. The van der Waals surface area contributed by atoms with Crippen molar-refractivity contribution < 1.29 is 5.02 Å². The van der Waals surface area contributed by atoms with E-state index in [0.717, 1.165) is 5.46 Å². The van der Waals surface area contributed by atoms with Gasteiger partial charge >= 0.3 is 6.92 Å². The molecule has 0 saturated carbocycles. The fraction of sp³-hybridized carbons (Fsp3) is 0.250. The monoisotopic (exact) mass is 166 g/mol. The smallest absolute Gasteiger partial charge is 0.320 e. The molecule has 0 unspecified atom stereocenters. The molecule has 0 saturated heterocycles. The Hall–Kier alpha value is -0.405. The van der Waals surface area contributed by atoms with Crippen LogP contribution in [-0.4, -0.2) is 18.2 Å². The maximum Gasteiger partial charge on any atom is 0.320 e. The average Bonchev–Trinajstić information content (AvgIpc) is 2.05. The number of thioether (sulfide) groups is 1. The molecule has 58 valence electrons. The van der Waals surface area contributed by atoms with Gasteiger partial charge in [-0.25, -0.2) is 0 Å². The fourth-order valence-corrected chi connectivity index (χ4v) is 1.29. The third-order valence-corrected chi connectivity index (χ3v) is 2.34. The quantitative estimate of drug-likeness (QED) is 0.526. The molecule has 0 radical (unpaired) electrons. The van der Waals surface area contributed by atoms with Crippen LogP contribution in [0.3, 0.4) is 0 Å². The Labute approximate surface area is 71.9 Å². The maximum absolute atomic E-state index is 9.18. The van der Waals surface area contributed by atoms with E-state index in [1.54, 1.807) is 18.6 Å². The van der Waals surface area contributed by atoms with Gasteiger partial charge in [0.2, 0.25) is 0 Å². The highest BCUT2D eigenvalue weighted by Gasteiger charge is 2.04. The summed E-state index contributed by atoms with van der Waals surface area (Å²) in [5.74, 6) is 0. The molecule has 0 heterocycles. The van der Waals surface area contributed by atoms with E-state index in [4.69, 9.17) is 0 Å². The molecule has 0 aromatic heterocycles. The topological polar surface area (TPSA) is 20.2 Å². The zero-order valence-corrected chi connectivity index (χ0v) is 7.56. The van der Waals surface area contributed by atoms with Crippen molar-refractivity contribution in [3.05, 3.63) is 24.3 Å². The van der Waals surface area contributed by atoms with E-state index in [2.05, 4.69) is 0 Å². The molecule has 0 aliphatic heterocycles. The molecule has 0 fully saturated rings. The Morgan fingerprint density at radius 3 is 2.18 bits per heavy atom. The lowest BCUT2D eigenvalue weighted by atomic mass is 9.64. The number of hydrogen-bond acceptors (Lipinski definition) is 2. The molecule has 0 amide bonds. The predicted octanol–water partition coefficient (Wildman–Crippen LogP) is 1.23. The van der Waals surface area contributed by atoms with Crippen molar-refractivity contribution in [3.63, 3.8) is 0 Å². The lowest BCUT2D eigenvalue weighted by Crippen LogP contribution is -2.25. The second kappa shape index (κ2) is 3.84. The average molecular weight is 166 g/mol. The molecular formula is C8H11BOS. The summed E-state index contributed by atoms with van der Waals surface area (Å²) < 4.78 is 0. The van der Waals surface area contributed by atoms with Crippen LogP contribution in [0.1, 0.15) is 0 Å². The van der Waals surface area contributed by atoms with Crippen LogP contribution in [0.2, 0.25) is 6.82 Å². The van der Waals surface area contributed by atoms with Gasteiger partial charge in [0.25, 0.3) is 0 Å². The largest absolute Gasteiger partial charge is 0.447 e. The standard InChI is InChI=1S/C8H11BOS/c1-9(10)7-3-5-8(11-2)6-4-7/h3-6,10H,1-2H3. The van der Waals surface area contributed by atoms with E-state index in [0.29, 0.717) is 0 Å². The van der Waals surface area contributed by atoms with Crippen LogP contribution >= 0.6 is 11.8 Å². The minimum atomic E-state index is -0.356. The number of rotatable bonds is 2. The molecule has 1 aromatic carbocycles. The molecule has 0 aliphatic carbocycles. The normalized spacial score (nSPS) is 9.73. The summed E-state index contributed by atoms with van der Waals surface area (Å²) in [6, 6.07) is 7.95. The van der Waals surface area contributed by atoms with Gasteiger partial charge in [0.1, 0.15) is 0 Å². The first kappa shape index (κ1) is 8.69. The van der Waals surface area contributed by atoms with E-state index in [9.17, 15) is 5.02 Å². The summed E-state index contributed by atoms with van der Waals surface area (Å²) in [7, 11) is 0. The molecule has 1 nitrogen and oxygen atoms in total. The van der Waals surface area contributed by atoms with Crippen molar-refractivity contribution >= 4 is 24.1 Å². The van der Waals surface area contributed by atoms with Gasteiger partial charge in [-0.2, -0.15) is 0 Å². The van der Waals surface area contributed by atoms with E-state index in [-0.39, 0.29) is 6.92 Å². The minimum absolute atomic E-state index is 0.356. The Morgan fingerprint density at radius 1 is 1.27 bits per heavy atom. The summed E-state index contributed by atoms with van der Waals surface area (Å²) in [6.07, 6.45) is 2.04. The Kier molecular flexibility index (Phi) is 3.03. The van der Waals surface area contributed by atoms with E-state index in [1.807, 2.05) is 30.5 Å². The maximum atomic E-state index is 9.18. The first-order chi connectivity index (χ1) is 5.24. The second-order valence-corrected chi connectivity index (χ2v) is 3.33. The van der Waals surface area contributed by atoms with E-state index >= 15 is 0 Å². The molecule has 0 spiro atoms. The van der Waals surface area contributed by atoms with Gasteiger partial charge in [0, 0.05) is 4.90 Å². The molecule has 11 heavy (non-hydrogen) atoms. The molecule has 1 rings (SSSR count). The first-order valence-corrected chi connectivity index (χ1v) is 4.78. The first-order valence-electron chi connectivity index (χ1n) is 3.56. The van der Waals surface area contributed by atoms with Crippen LogP contribution in [-0.2, 0) is 0 Å². The van der Waals surface area contributed by atoms with Crippen molar-refractivity contribution in [2.24, 2.45) is 0 Å². The van der Waals surface area contributed by atoms with Crippen molar-refractivity contribution in [1.29, 1.82) is 0 Å². The van der Waals surface area contributed by atoms with Crippen LogP contribution < -0.4 is 5.46 Å². The summed E-state index contributed by atoms with van der Waals surface area (Å²) >= 11 is 1.71. The van der Waals surface area contributed by atoms with Crippen LogP contribution in [0.5, 0.6) is 0 Å². The third kappa shape index (κ3) is 2.28. The number of benzene rings is 1. The molecule has 0 bridgehead atoms. The third-order valence-electron chi connectivity index (χ3n) is 1.60. The molecule has 0 atom stereocenters. The highest BCUT2D eigenvalue weighted by atomic mass is 32.2. The van der Waals surface area contributed by atoms with Gasteiger partial charge in [-0.1, -0.05) is 19.0 Å². The van der Waals surface area contributed by atoms with Gasteiger partial charge in [-0.05, 0) is 23.9 Å². The SMILES string of the molecule is CSc1ccc(B(C)O)cc1. The van der Waals surface area contributed by atoms with Crippen molar-refractivity contribution in [2.75, 3.05) is 6.26 Å². The summed E-state index contributed by atoms with van der Waals surface area (Å²) in [4.78, 5) is 1.23. The molecule has 3 heteroatoms. The van der Waals surface area contributed by atoms with Crippen LogP contribution in [0.25, 0.3) is 0 Å². The Morgan fingerprint density at radius 2 is 1.82 bits per heavy atom. The summed E-state index contributed by atoms with van der Waals surface area (Å²) in [6.45, 7) is 1.42. The second-order valence-electron chi connectivity index (χ2n) is 2.45. The van der Waals surface area contributed by atoms with Crippen LogP contribution in [0, 0.1) is 0 Å².